The minimum atomic E-state index is 0.517. The maximum atomic E-state index is 3.65. The van der Waals surface area contributed by atoms with Crippen LogP contribution in [0.15, 0.2) is 60.7 Å². The summed E-state index contributed by atoms with van der Waals surface area (Å²) in [6, 6.07) is 21.5. The molecule has 2 atom stereocenters. The van der Waals surface area contributed by atoms with Crippen molar-refractivity contribution >= 4 is 5.69 Å². The van der Waals surface area contributed by atoms with Gasteiger partial charge in [0.1, 0.15) is 0 Å². The number of anilines is 1. The minimum absolute atomic E-state index is 0.517. The van der Waals surface area contributed by atoms with Crippen LogP contribution in [0, 0.1) is 11.3 Å². The number of hydrogen-bond donors (Lipinski definition) is 1. The molecule has 1 saturated carbocycles. The van der Waals surface area contributed by atoms with Gasteiger partial charge in [0.25, 0.3) is 0 Å². The maximum absolute atomic E-state index is 3.65. The highest BCUT2D eigenvalue weighted by molar-refractivity contribution is 5.43. The first-order valence-electron chi connectivity index (χ1n) is 8.39. The fourth-order valence-electron chi connectivity index (χ4n) is 3.98. The molecule has 2 heteroatoms. The fraction of sp³-hybridized carbons (Fsp3) is 0.400. The van der Waals surface area contributed by atoms with Crippen LogP contribution in [0.3, 0.4) is 0 Å². The molecule has 1 heterocycles. The van der Waals surface area contributed by atoms with Gasteiger partial charge in [-0.25, -0.2) is 0 Å². The Kier molecular flexibility index (Phi) is 3.63. The predicted molar refractivity (Wildman–Crippen MR) is 91.8 cm³/mol. The van der Waals surface area contributed by atoms with Gasteiger partial charge < -0.3 is 5.32 Å². The molecule has 0 amide bonds. The average molecular weight is 292 g/mol. The summed E-state index contributed by atoms with van der Waals surface area (Å²) in [6.45, 7) is 4.71. The van der Waals surface area contributed by atoms with Crippen LogP contribution in [0.2, 0.25) is 0 Å². The van der Waals surface area contributed by atoms with E-state index in [1.807, 2.05) is 0 Å². The van der Waals surface area contributed by atoms with Crippen LogP contribution in [0.25, 0.3) is 0 Å². The van der Waals surface area contributed by atoms with Gasteiger partial charge in [-0.3, -0.25) is 4.90 Å². The molecule has 0 aromatic heterocycles. The standard InChI is InChI=1S/C20H24N2/c1-3-7-17(8-4-1)14-22-12-11-18-13-20(18,16-22)15-21-19-9-5-2-6-10-19/h1-10,18,21H,11-16H2. The first-order valence-corrected chi connectivity index (χ1v) is 8.39. The predicted octanol–water partition coefficient (Wildman–Crippen LogP) is 4.01. The molecule has 4 rings (SSSR count). The molecule has 2 aromatic carbocycles. The molecule has 2 fully saturated rings. The zero-order valence-corrected chi connectivity index (χ0v) is 13.0. The molecule has 0 bridgehead atoms. The van der Waals surface area contributed by atoms with Crippen LogP contribution in [-0.4, -0.2) is 24.5 Å². The monoisotopic (exact) mass is 292 g/mol. The molecule has 1 saturated heterocycles. The molecule has 2 aromatic rings. The van der Waals surface area contributed by atoms with Gasteiger partial charge in [0.15, 0.2) is 0 Å². The minimum Gasteiger partial charge on any atom is -0.384 e. The molecule has 1 aliphatic carbocycles. The van der Waals surface area contributed by atoms with Crippen molar-refractivity contribution in [2.45, 2.75) is 19.4 Å². The zero-order chi connectivity index (χ0) is 14.8. The molecule has 2 unspecified atom stereocenters. The molecule has 114 valence electrons. The largest absolute Gasteiger partial charge is 0.384 e. The number of para-hydroxylation sites is 1. The van der Waals surface area contributed by atoms with E-state index in [0.717, 1.165) is 19.0 Å². The van der Waals surface area contributed by atoms with E-state index in [1.165, 1.54) is 37.2 Å². The Balaban J connectivity index is 1.37. The van der Waals surface area contributed by atoms with Crippen molar-refractivity contribution in [3.8, 4) is 0 Å². The van der Waals surface area contributed by atoms with Crippen molar-refractivity contribution in [2.24, 2.45) is 11.3 Å². The van der Waals surface area contributed by atoms with E-state index in [2.05, 4.69) is 70.9 Å². The molecule has 0 spiro atoms. The second kappa shape index (κ2) is 5.77. The van der Waals surface area contributed by atoms with Crippen molar-refractivity contribution < 1.29 is 0 Å². The van der Waals surface area contributed by atoms with E-state index in [-0.39, 0.29) is 0 Å². The van der Waals surface area contributed by atoms with Gasteiger partial charge in [0, 0.05) is 30.7 Å². The van der Waals surface area contributed by atoms with E-state index in [9.17, 15) is 0 Å². The molecular formula is C20H24N2. The van der Waals surface area contributed by atoms with Crippen molar-refractivity contribution in [1.29, 1.82) is 0 Å². The zero-order valence-electron chi connectivity index (χ0n) is 13.0. The normalized spacial score (nSPS) is 27.2. The van der Waals surface area contributed by atoms with E-state index < -0.39 is 0 Å². The summed E-state index contributed by atoms with van der Waals surface area (Å²) < 4.78 is 0. The highest BCUT2D eigenvalue weighted by Gasteiger charge is 2.56. The van der Waals surface area contributed by atoms with Gasteiger partial charge in [0.05, 0.1) is 0 Å². The third-order valence-electron chi connectivity index (χ3n) is 5.36. The second-order valence-corrected chi connectivity index (χ2v) is 6.97. The number of likely N-dealkylation sites (tertiary alicyclic amines) is 1. The number of nitrogens with zero attached hydrogens (tertiary/aromatic N) is 1. The Morgan fingerprint density at radius 2 is 1.73 bits per heavy atom. The Bertz CT molecular complexity index is 608. The fourth-order valence-corrected chi connectivity index (χ4v) is 3.98. The topological polar surface area (TPSA) is 15.3 Å². The first kappa shape index (κ1) is 13.8. The highest BCUT2D eigenvalue weighted by atomic mass is 15.2. The lowest BCUT2D eigenvalue weighted by Gasteiger charge is -2.33. The van der Waals surface area contributed by atoms with Crippen LogP contribution in [0.1, 0.15) is 18.4 Å². The molecule has 1 N–H and O–H groups in total. The van der Waals surface area contributed by atoms with Gasteiger partial charge in [-0.05, 0) is 43.0 Å². The van der Waals surface area contributed by atoms with Gasteiger partial charge in [-0.15, -0.1) is 0 Å². The third kappa shape index (κ3) is 2.89. The number of hydrogen-bond acceptors (Lipinski definition) is 2. The van der Waals surface area contributed by atoms with Gasteiger partial charge in [-0.1, -0.05) is 48.5 Å². The number of piperidine rings is 1. The van der Waals surface area contributed by atoms with Gasteiger partial charge in [0.2, 0.25) is 0 Å². The summed E-state index contributed by atoms with van der Waals surface area (Å²) in [5, 5.41) is 3.65. The third-order valence-corrected chi connectivity index (χ3v) is 5.36. The van der Waals surface area contributed by atoms with E-state index in [4.69, 9.17) is 0 Å². The van der Waals surface area contributed by atoms with Crippen LogP contribution < -0.4 is 5.32 Å². The lowest BCUT2D eigenvalue weighted by Crippen LogP contribution is -2.39. The number of benzene rings is 2. The number of nitrogens with one attached hydrogen (secondary N) is 1. The van der Waals surface area contributed by atoms with Gasteiger partial charge in [-0.2, -0.15) is 0 Å². The summed E-state index contributed by atoms with van der Waals surface area (Å²) in [4.78, 5) is 2.64. The van der Waals surface area contributed by atoms with Crippen molar-refractivity contribution in [3.05, 3.63) is 66.2 Å². The Morgan fingerprint density at radius 1 is 1.00 bits per heavy atom. The number of rotatable bonds is 5. The van der Waals surface area contributed by atoms with Crippen LogP contribution in [0.4, 0.5) is 5.69 Å². The summed E-state index contributed by atoms with van der Waals surface area (Å²) in [5.74, 6) is 0.940. The lowest BCUT2D eigenvalue weighted by atomic mass is 9.96. The molecule has 22 heavy (non-hydrogen) atoms. The van der Waals surface area contributed by atoms with Crippen molar-refractivity contribution in [2.75, 3.05) is 25.0 Å². The van der Waals surface area contributed by atoms with Crippen LogP contribution >= 0.6 is 0 Å². The SMILES string of the molecule is c1ccc(CN2CCC3CC3(CNc3ccccc3)C2)cc1. The quantitative estimate of drug-likeness (QED) is 0.895. The molecule has 2 aliphatic rings. The molecule has 0 radical (unpaired) electrons. The maximum Gasteiger partial charge on any atom is 0.0340 e. The summed E-state index contributed by atoms with van der Waals surface area (Å²) in [7, 11) is 0. The second-order valence-electron chi connectivity index (χ2n) is 6.97. The highest BCUT2D eigenvalue weighted by Crippen LogP contribution is 2.57. The van der Waals surface area contributed by atoms with E-state index >= 15 is 0 Å². The van der Waals surface area contributed by atoms with Gasteiger partial charge >= 0.3 is 0 Å². The van der Waals surface area contributed by atoms with E-state index in [0.29, 0.717) is 5.41 Å². The first-order chi connectivity index (χ1) is 10.8. The summed E-state index contributed by atoms with van der Waals surface area (Å²) >= 11 is 0. The molecule has 1 aliphatic heterocycles. The summed E-state index contributed by atoms with van der Waals surface area (Å²) in [5.41, 5.74) is 3.21. The summed E-state index contributed by atoms with van der Waals surface area (Å²) in [6.07, 6.45) is 2.77. The Morgan fingerprint density at radius 3 is 2.50 bits per heavy atom. The van der Waals surface area contributed by atoms with Crippen molar-refractivity contribution in [1.82, 2.24) is 4.90 Å². The Labute approximate surface area is 133 Å². The molecule has 2 nitrogen and oxygen atoms in total. The van der Waals surface area contributed by atoms with E-state index in [1.54, 1.807) is 0 Å². The lowest BCUT2D eigenvalue weighted by molar-refractivity contribution is 0.164. The Hall–Kier alpha value is -1.80. The van der Waals surface area contributed by atoms with Crippen LogP contribution in [0.5, 0.6) is 0 Å². The number of fused-ring (bicyclic) bond motifs is 1. The molecular weight excluding hydrogens is 268 g/mol. The van der Waals surface area contributed by atoms with Crippen molar-refractivity contribution in [3.63, 3.8) is 0 Å². The average Bonchev–Trinajstić information content (AvgIpc) is 3.29. The smallest absolute Gasteiger partial charge is 0.0340 e. The van der Waals surface area contributed by atoms with Crippen LogP contribution in [-0.2, 0) is 6.54 Å².